The van der Waals surface area contributed by atoms with Crippen molar-refractivity contribution in [1.29, 1.82) is 0 Å². The van der Waals surface area contributed by atoms with Crippen LogP contribution in [0.25, 0.3) is 0 Å². The molecule has 0 fully saturated rings. The number of hydrogen-bond acceptors (Lipinski definition) is 9. The third kappa shape index (κ3) is 1130. The molecule has 16 heteroatoms. The summed E-state index contributed by atoms with van der Waals surface area (Å²) in [5.74, 6) is 0. The van der Waals surface area contributed by atoms with Gasteiger partial charge in [0.05, 0.1) is 15.3 Å². The topological polar surface area (TPSA) is 293 Å². The number of rotatable bonds is 0. The second kappa shape index (κ2) is 37.2. The molecule has 0 rings (SSSR count). The third-order valence-corrected chi connectivity index (χ3v) is 0. The maximum Gasteiger partial charge on any atom is 3.00 e. The zero-order valence-corrected chi connectivity index (χ0v) is 8.86. The summed E-state index contributed by atoms with van der Waals surface area (Å²) in [5.41, 5.74) is 0. The summed E-state index contributed by atoms with van der Waals surface area (Å²) in [6.45, 7) is 0. The Morgan fingerprint density at radius 2 is 0.500 bits per heavy atom. The fourth-order valence-electron chi connectivity index (χ4n) is 0. The van der Waals surface area contributed by atoms with Gasteiger partial charge in [-0.2, -0.15) is 0 Å². The molecule has 0 aliphatic carbocycles. The van der Waals surface area contributed by atoms with E-state index in [4.69, 9.17) is 46.0 Å². The molecule has 0 unspecified atom stereocenters. The molecule has 0 aliphatic rings. The molecular weight excluding hydrogens is 397 g/mol. The first-order valence-electron chi connectivity index (χ1n) is 1.64. The first-order chi connectivity index (χ1) is 5.20. The van der Waals surface area contributed by atoms with Crippen LogP contribution >= 0.6 is 0 Å². The molecule has 0 aromatic rings. The maximum atomic E-state index is 8.25. The fraction of sp³-hybridized carbons (Fsp3) is 0. The first kappa shape index (κ1) is 46.4. The SMILES string of the molecule is O.O.O.O=[N+]([O-])[O-].O=[N+]([O-])[O-].O=[N+]([O-])[O-].[Dy+3]. The Morgan fingerprint density at radius 3 is 0.500 bits per heavy atom. The molecule has 0 bridgehead atoms. The van der Waals surface area contributed by atoms with Gasteiger partial charge in [0, 0.05) is 0 Å². The Hall–Kier alpha value is -1.25. The zero-order valence-electron chi connectivity index (χ0n) is 6.83. The standard InChI is InChI=1S/Dy.3NO3.3H2O/c;3*2-1(3)4;;;/h;;;;3*1H2/q+3;3*-1;;;. The average molecular weight is 403 g/mol. The van der Waals surface area contributed by atoms with Crippen LogP contribution < -0.4 is 0 Å². The summed E-state index contributed by atoms with van der Waals surface area (Å²) in [4.78, 5) is 24.8. The largest absolute Gasteiger partial charge is 3.00 e. The number of hydrogen-bond donors (Lipinski definition) is 0. The molecule has 0 saturated carbocycles. The van der Waals surface area contributed by atoms with Crippen molar-refractivity contribution >= 4 is 0 Å². The Morgan fingerprint density at radius 1 is 0.500 bits per heavy atom. The predicted molar refractivity (Wildman–Crippen MR) is 41.9 cm³/mol. The number of nitrogens with zero attached hydrogens (tertiary/aromatic N) is 3. The van der Waals surface area contributed by atoms with Gasteiger partial charge in [0.1, 0.15) is 0 Å². The van der Waals surface area contributed by atoms with E-state index in [-0.39, 0.29) is 54.6 Å². The molecule has 6 N–H and O–H groups in total. The molecule has 15 nitrogen and oxygen atoms in total. The van der Waals surface area contributed by atoms with Crippen molar-refractivity contribution in [3.8, 4) is 0 Å². The molecule has 0 atom stereocenters. The summed E-state index contributed by atoms with van der Waals surface area (Å²) in [6, 6.07) is 0. The van der Waals surface area contributed by atoms with Crippen molar-refractivity contribution in [2.75, 3.05) is 0 Å². The van der Waals surface area contributed by atoms with E-state index >= 15 is 0 Å². The molecule has 0 aromatic carbocycles. The van der Waals surface area contributed by atoms with Gasteiger partial charge in [0.25, 0.3) is 0 Å². The Bertz CT molecular complexity index is 114. The molecular formula is H6DyN3O12. The van der Waals surface area contributed by atoms with Crippen LogP contribution in [0.1, 0.15) is 0 Å². The van der Waals surface area contributed by atoms with Crippen molar-refractivity contribution in [2.45, 2.75) is 0 Å². The van der Waals surface area contributed by atoms with Crippen LogP contribution in [0.3, 0.4) is 0 Å². The van der Waals surface area contributed by atoms with Gasteiger partial charge in [0.2, 0.25) is 0 Å². The zero-order chi connectivity index (χ0) is 10.7. The fourth-order valence-corrected chi connectivity index (χ4v) is 0. The van der Waals surface area contributed by atoms with Gasteiger partial charge in [-0.05, 0) is 0 Å². The minimum Gasteiger partial charge on any atom is -0.412 e. The van der Waals surface area contributed by atoms with E-state index in [0.717, 1.165) is 0 Å². The van der Waals surface area contributed by atoms with Gasteiger partial charge in [-0.3, -0.25) is 0 Å². The summed E-state index contributed by atoms with van der Waals surface area (Å²) >= 11 is 0. The van der Waals surface area contributed by atoms with Crippen LogP contribution in [0.2, 0.25) is 0 Å². The Labute approximate surface area is 116 Å². The Kier molecular flexibility index (Phi) is 108. The third-order valence-electron chi connectivity index (χ3n) is 0. The molecule has 1 radical (unpaired) electrons. The second-order valence-electron chi connectivity index (χ2n) is 0.671. The monoisotopic (exact) mass is 404 g/mol. The maximum absolute atomic E-state index is 8.25. The van der Waals surface area contributed by atoms with Crippen LogP contribution in [0.15, 0.2) is 0 Å². The Balaban J connectivity index is -0.0000000135. The van der Waals surface area contributed by atoms with Crippen LogP contribution in [-0.2, 0) is 0 Å². The minimum absolute atomic E-state index is 0. The van der Waals surface area contributed by atoms with E-state index in [0.29, 0.717) is 0 Å². The average Bonchev–Trinajstić information content (AvgIpc) is 1.54. The van der Waals surface area contributed by atoms with Crippen molar-refractivity contribution in [2.24, 2.45) is 0 Å². The van der Waals surface area contributed by atoms with Crippen molar-refractivity contribution < 1.29 is 69.9 Å². The van der Waals surface area contributed by atoms with E-state index in [2.05, 4.69) is 0 Å². The van der Waals surface area contributed by atoms with Crippen molar-refractivity contribution in [3.05, 3.63) is 46.0 Å². The van der Waals surface area contributed by atoms with Crippen LogP contribution in [-0.4, -0.2) is 31.7 Å². The van der Waals surface area contributed by atoms with E-state index in [1.807, 2.05) is 0 Å². The quantitative estimate of drug-likeness (QED) is 0.290. The predicted octanol–water partition coefficient (Wildman–Crippen LogP) is -3.19. The van der Waals surface area contributed by atoms with Crippen LogP contribution in [0.4, 0.5) is 0 Å². The van der Waals surface area contributed by atoms with E-state index in [9.17, 15) is 0 Å². The molecule has 103 valence electrons. The molecule has 0 saturated heterocycles. The summed E-state index contributed by atoms with van der Waals surface area (Å²) < 4.78 is 0. The van der Waals surface area contributed by atoms with E-state index < -0.39 is 15.3 Å². The van der Waals surface area contributed by atoms with Gasteiger partial charge in [0.15, 0.2) is 0 Å². The normalized spacial score (nSPS) is 4.50. The molecule has 0 aromatic heterocycles. The molecule has 0 aliphatic heterocycles. The van der Waals surface area contributed by atoms with Gasteiger partial charge in [-0.1, -0.05) is 0 Å². The van der Waals surface area contributed by atoms with E-state index in [1.54, 1.807) is 0 Å². The van der Waals surface area contributed by atoms with E-state index in [1.165, 1.54) is 0 Å². The van der Waals surface area contributed by atoms with Crippen LogP contribution in [0, 0.1) is 84.1 Å². The summed E-state index contributed by atoms with van der Waals surface area (Å²) in [6.07, 6.45) is 0. The molecule has 16 heavy (non-hydrogen) atoms. The van der Waals surface area contributed by atoms with Crippen molar-refractivity contribution in [1.82, 2.24) is 0 Å². The van der Waals surface area contributed by atoms with Gasteiger partial charge < -0.3 is 62.4 Å². The molecule has 0 spiro atoms. The van der Waals surface area contributed by atoms with Gasteiger partial charge >= 0.3 is 38.2 Å². The smallest absolute Gasteiger partial charge is 0.412 e. The van der Waals surface area contributed by atoms with Gasteiger partial charge in [-0.25, -0.2) is 0 Å². The summed E-state index contributed by atoms with van der Waals surface area (Å²) in [5, 5.41) is 44.2. The second-order valence-corrected chi connectivity index (χ2v) is 0.671. The summed E-state index contributed by atoms with van der Waals surface area (Å²) in [7, 11) is 0. The van der Waals surface area contributed by atoms with Gasteiger partial charge in [-0.15, -0.1) is 0 Å². The van der Waals surface area contributed by atoms with Crippen molar-refractivity contribution in [3.63, 3.8) is 0 Å². The molecule has 0 heterocycles. The van der Waals surface area contributed by atoms with Crippen LogP contribution in [0.5, 0.6) is 0 Å². The molecule has 0 amide bonds. The first-order valence-corrected chi connectivity index (χ1v) is 1.64. The minimum atomic E-state index is -1.75.